The van der Waals surface area contributed by atoms with Crippen LogP contribution in [-0.4, -0.2) is 29.0 Å². The molecule has 0 bridgehead atoms. The third-order valence-electron chi connectivity index (χ3n) is 3.54. The van der Waals surface area contributed by atoms with E-state index in [-0.39, 0.29) is 0 Å². The Kier molecular flexibility index (Phi) is 3.62. The fourth-order valence-corrected chi connectivity index (χ4v) is 2.40. The van der Waals surface area contributed by atoms with Gasteiger partial charge in [-0.1, -0.05) is 18.2 Å². The molecular formula is C15H19N3O. The molecule has 4 nitrogen and oxygen atoms in total. The number of nitrogens with one attached hydrogen (secondary N) is 1. The van der Waals surface area contributed by atoms with Crippen LogP contribution in [0.4, 0.5) is 0 Å². The first-order valence-electron chi connectivity index (χ1n) is 6.77. The summed E-state index contributed by atoms with van der Waals surface area (Å²) in [5.41, 5.74) is 2.29. The molecule has 1 N–H and O–H groups in total. The molecule has 2 aromatic rings. The highest BCUT2D eigenvalue weighted by atomic mass is 16.5. The van der Waals surface area contributed by atoms with Crippen molar-refractivity contribution in [1.29, 1.82) is 0 Å². The fourth-order valence-electron chi connectivity index (χ4n) is 2.40. The number of hydrogen-bond donors (Lipinski definition) is 1. The molecule has 1 saturated heterocycles. The van der Waals surface area contributed by atoms with E-state index in [1.807, 2.05) is 29.1 Å². The first-order chi connectivity index (χ1) is 9.33. The average molecular weight is 257 g/mol. The summed E-state index contributed by atoms with van der Waals surface area (Å²) in [7, 11) is 0. The second-order valence-electron chi connectivity index (χ2n) is 5.00. The predicted molar refractivity (Wildman–Crippen MR) is 74.3 cm³/mol. The maximum Gasteiger partial charge on any atom is 0.0645 e. The van der Waals surface area contributed by atoms with E-state index in [0.29, 0.717) is 12.1 Å². The second kappa shape index (κ2) is 5.55. The molecule has 0 saturated carbocycles. The molecule has 1 aliphatic rings. The van der Waals surface area contributed by atoms with Gasteiger partial charge in [-0.25, -0.2) is 4.68 Å². The summed E-state index contributed by atoms with van der Waals surface area (Å²) in [6.07, 6.45) is 5.11. The summed E-state index contributed by atoms with van der Waals surface area (Å²) >= 11 is 0. The zero-order valence-corrected chi connectivity index (χ0v) is 11.1. The van der Waals surface area contributed by atoms with Gasteiger partial charge in [-0.15, -0.1) is 0 Å². The molecule has 2 unspecified atom stereocenters. The number of nitrogens with zero attached hydrogens (tertiary/aromatic N) is 2. The maximum absolute atomic E-state index is 5.39. The normalized spacial score (nSPS) is 20.6. The molecule has 3 rings (SSSR count). The van der Waals surface area contributed by atoms with Crippen molar-refractivity contribution in [3.63, 3.8) is 0 Å². The van der Waals surface area contributed by atoms with E-state index >= 15 is 0 Å². The molecule has 19 heavy (non-hydrogen) atoms. The lowest BCUT2D eigenvalue weighted by Crippen LogP contribution is -2.31. The van der Waals surface area contributed by atoms with Crippen LogP contribution in [0.1, 0.15) is 24.9 Å². The van der Waals surface area contributed by atoms with Gasteiger partial charge < -0.3 is 10.1 Å². The maximum atomic E-state index is 5.39. The molecule has 4 heteroatoms. The van der Waals surface area contributed by atoms with Crippen molar-refractivity contribution in [3.05, 3.63) is 48.3 Å². The smallest absolute Gasteiger partial charge is 0.0645 e. The highest BCUT2D eigenvalue weighted by Gasteiger charge is 2.18. The summed E-state index contributed by atoms with van der Waals surface area (Å²) in [6, 6.07) is 10.9. The lowest BCUT2D eigenvalue weighted by Gasteiger charge is -2.16. The van der Waals surface area contributed by atoms with Crippen LogP contribution in [0.2, 0.25) is 0 Å². The van der Waals surface area contributed by atoms with Gasteiger partial charge in [0, 0.05) is 30.5 Å². The van der Waals surface area contributed by atoms with Crippen LogP contribution in [0.5, 0.6) is 0 Å². The Morgan fingerprint density at radius 2 is 2.21 bits per heavy atom. The van der Waals surface area contributed by atoms with Crippen molar-refractivity contribution < 1.29 is 4.74 Å². The third-order valence-corrected chi connectivity index (χ3v) is 3.54. The van der Waals surface area contributed by atoms with E-state index in [1.165, 1.54) is 5.56 Å². The quantitative estimate of drug-likeness (QED) is 0.913. The van der Waals surface area contributed by atoms with E-state index in [4.69, 9.17) is 4.74 Å². The summed E-state index contributed by atoms with van der Waals surface area (Å²) in [5.74, 6) is 0. The van der Waals surface area contributed by atoms with E-state index in [9.17, 15) is 0 Å². The Balaban J connectivity index is 1.70. The van der Waals surface area contributed by atoms with Crippen molar-refractivity contribution >= 4 is 0 Å². The minimum Gasteiger partial charge on any atom is -0.380 e. The molecule has 100 valence electrons. The van der Waals surface area contributed by atoms with E-state index in [1.54, 1.807) is 0 Å². The molecule has 0 amide bonds. The minimum atomic E-state index is 0.296. The van der Waals surface area contributed by atoms with E-state index in [0.717, 1.165) is 25.3 Å². The molecule has 1 aromatic heterocycles. The molecule has 0 aliphatic carbocycles. The largest absolute Gasteiger partial charge is 0.380 e. The molecule has 1 fully saturated rings. The van der Waals surface area contributed by atoms with Crippen LogP contribution >= 0.6 is 0 Å². The Labute approximate surface area is 113 Å². The highest BCUT2D eigenvalue weighted by Crippen LogP contribution is 2.16. The van der Waals surface area contributed by atoms with E-state index in [2.05, 4.69) is 35.7 Å². The number of rotatable bonds is 4. The molecule has 0 radical (unpaired) electrons. The molecule has 1 aromatic carbocycles. The van der Waals surface area contributed by atoms with Gasteiger partial charge >= 0.3 is 0 Å². The van der Waals surface area contributed by atoms with Crippen molar-refractivity contribution in [2.45, 2.75) is 25.4 Å². The minimum absolute atomic E-state index is 0.296. The van der Waals surface area contributed by atoms with Crippen LogP contribution in [0, 0.1) is 0 Å². The Hall–Kier alpha value is -1.65. The Morgan fingerprint density at radius 3 is 2.95 bits per heavy atom. The zero-order chi connectivity index (χ0) is 13.1. The van der Waals surface area contributed by atoms with Gasteiger partial charge in [-0.2, -0.15) is 5.10 Å². The predicted octanol–water partition coefficient (Wildman–Crippen LogP) is 2.31. The van der Waals surface area contributed by atoms with Gasteiger partial charge in [0.15, 0.2) is 0 Å². The first-order valence-corrected chi connectivity index (χ1v) is 6.77. The first kappa shape index (κ1) is 12.4. The number of benzene rings is 1. The van der Waals surface area contributed by atoms with Crippen LogP contribution in [0.25, 0.3) is 5.69 Å². The summed E-state index contributed by atoms with van der Waals surface area (Å²) in [4.78, 5) is 0. The lowest BCUT2D eigenvalue weighted by molar-refractivity contribution is 0.188. The van der Waals surface area contributed by atoms with Crippen LogP contribution in [0.3, 0.4) is 0 Å². The second-order valence-corrected chi connectivity index (χ2v) is 5.00. The lowest BCUT2D eigenvalue weighted by atomic mass is 10.1. The van der Waals surface area contributed by atoms with Crippen LogP contribution < -0.4 is 5.32 Å². The van der Waals surface area contributed by atoms with Gasteiger partial charge in [0.1, 0.15) is 0 Å². The standard InChI is InChI=1S/C15H19N3O/c1-12(17-14-7-8-19-11-14)13-9-16-18(10-13)15-5-3-2-4-6-15/h2-6,9-10,12,14,17H,7-8,11H2,1H3. The SMILES string of the molecule is CC(NC1CCOC1)c1cnn(-c2ccccc2)c1. The molecule has 0 spiro atoms. The van der Waals surface area contributed by atoms with Gasteiger partial charge in [-0.05, 0) is 25.5 Å². The monoisotopic (exact) mass is 257 g/mol. The van der Waals surface area contributed by atoms with Gasteiger partial charge in [0.25, 0.3) is 0 Å². The van der Waals surface area contributed by atoms with Crippen molar-refractivity contribution in [3.8, 4) is 5.69 Å². The third kappa shape index (κ3) is 2.85. The Morgan fingerprint density at radius 1 is 1.37 bits per heavy atom. The Bertz CT molecular complexity index is 517. The molecule has 2 atom stereocenters. The zero-order valence-electron chi connectivity index (χ0n) is 11.1. The van der Waals surface area contributed by atoms with Crippen molar-refractivity contribution in [1.82, 2.24) is 15.1 Å². The number of para-hydroxylation sites is 1. The summed E-state index contributed by atoms with van der Waals surface area (Å²) in [6.45, 7) is 3.86. The summed E-state index contributed by atoms with van der Waals surface area (Å²) < 4.78 is 7.30. The summed E-state index contributed by atoms with van der Waals surface area (Å²) in [5, 5.41) is 8.01. The van der Waals surface area contributed by atoms with Crippen molar-refractivity contribution in [2.75, 3.05) is 13.2 Å². The van der Waals surface area contributed by atoms with Gasteiger partial charge in [-0.3, -0.25) is 0 Å². The number of aromatic nitrogens is 2. The van der Waals surface area contributed by atoms with E-state index < -0.39 is 0 Å². The van der Waals surface area contributed by atoms with Crippen LogP contribution in [-0.2, 0) is 4.74 Å². The number of hydrogen-bond acceptors (Lipinski definition) is 3. The molecule has 2 heterocycles. The van der Waals surface area contributed by atoms with Crippen molar-refractivity contribution in [2.24, 2.45) is 0 Å². The van der Waals surface area contributed by atoms with Gasteiger partial charge in [0.2, 0.25) is 0 Å². The molecule has 1 aliphatic heterocycles. The number of ether oxygens (including phenoxy) is 1. The average Bonchev–Trinajstić information content (AvgIpc) is 3.10. The fraction of sp³-hybridized carbons (Fsp3) is 0.400. The highest BCUT2D eigenvalue weighted by molar-refractivity contribution is 5.31. The van der Waals surface area contributed by atoms with Gasteiger partial charge in [0.05, 0.1) is 18.5 Å². The molecular weight excluding hydrogens is 238 g/mol. The van der Waals surface area contributed by atoms with Crippen LogP contribution in [0.15, 0.2) is 42.7 Å². The topological polar surface area (TPSA) is 39.1 Å².